The molecule has 0 bridgehead atoms. The van der Waals surface area contributed by atoms with Crippen molar-refractivity contribution < 1.29 is 0 Å². The van der Waals surface area contributed by atoms with Crippen molar-refractivity contribution in [3.63, 3.8) is 0 Å². The molecule has 2 aromatic rings. The highest BCUT2D eigenvalue weighted by Crippen LogP contribution is 2.30. The van der Waals surface area contributed by atoms with Gasteiger partial charge >= 0.3 is 0 Å². The summed E-state index contributed by atoms with van der Waals surface area (Å²) in [5, 5.41) is 4.66. The second-order valence-electron chi connectivity index (χ2n) is 6.14. The van der Waals surface area contributed by atoms with Gasteiger partial charge in [0.1, 0.15) is 0 Å². The van der Waals surface area contributed by atoms with Crippen molar-refractivity contribution in [3.8, 4) is 0 Å². The minimum atomic E-state index is 0.203. The molecule has 98 valence electrons. The third kappa shape index (κ3) is 2.05. The quantitative estimate of drug-likeness (QED) is 0.855. The first-order valence-corrected chi connectivity index (χ1v) is 6.59. The van der Waals surface area contributed by atoms with Gasteiger partial charge in [0.05, 0.1) is 0 Å². The van der Waals surface area contributed by atoms with Gasteiger partial charge in [-0.3, -0.25) is 0 Å². The lowest BCUT2D eigenvalue weighted by atomic mass is 9.86. The highest BCUT2D eigenvalue weighted by molar-refractivity contribution is 5.86. The predicted molar refractivity (Wildman–Crippen MR) is 79.1 cm³/mol. The van der Waals surface area contributed by atoms with Crippen molar-refractivity contribution >= 4 is 10.9 Å². The Hall–Kier alpha value is -1.28. The summed E-state index contributed by atoms with van der Waals surface area (Å²) in [6.45, 7) is 9.92. The molecule has 0 fully saturated rings. The van der Waals surface area contributed by atoms with Gasteiger partial charge in [0.15, 0.2) is 0 Å². The summed E-state index contributed by atoms with van der Waals surface area (Å²) in [4.78, 5) is 0. The van der Waals surface area contributed by atoms with E-state index in [4.69, 9.17) is 0 Å². The molecule has 0 atom stereocenters. The molecule has 0 aliphatic rings. The Labute approximate surface area is 110 Å². The Kier molecular flexibility index (Phi) is 3.24. The first-order valence-electron chi connectivity index (χ1n) is 6.59. The number of benzene rings is 1. The monoisotopic (exact) mass is 244 g/mol. The van der Waals surface area contributed by atoms with E-state index in [9.17, 15) is 0 Å². The zero-order valence-electron chi connectivity index (χ0n) is 12.4. The van der Waals surface area contributed by atoms with Crippen LogP contribution in [-0.2, 0) is 19.0 Å². The van der Waals surface area contributed by atoms with Crippen LogP contribution in [-0.4, -0.2) is 11.6 Å². The van der Waals surface area contributed by atoms with Gasteiger partial charge in [-0.25, -0.2) is 0 Å². The van der Waals surface area contributed by atoms with Crippen LogP contribution in [0.2, 0.25) is 0 Å². The largest absolute Gasteiger partial charge is 0.348 e. The average Bonchev–Trinajstić information content (AvgIpc) is 2.53. The summed E-state index contributed by atoms with van der Waals surface area (Å²) in [6, 6.07) is 6.86. The fourth-order valence-corrected chi connectivity index (χ4v) is 2.51. The molecule has 0 radical (unpaired) electrons. The number of fused-ring (bicyclic) bond motifs is 1. The summed E-state index contributed by atoms with van der Waals surface area (Å²) in [6.07, 6.45) is 0. The lowest BCUT2D eigenvalue weighted by Crippen LogP contribution is -2.11. The Balaban J connectivity index is 2.71. The van der Waals surface area contributed by atoms with Gasteiger partial charge in [-0.05, 0) is 42.6 Å². The van der Waals surface area contributed by atoms with Crippen LogP contribution in [0.5, 0.6) is 0 Å². The molecule has 0 aliphatic heterocycles. The van der Waals surface area contributed by atoms with Crippen molar-refractivity contribution in [1.82, 2.24) is 9.88 Å². The molecule has 18 heavy (non-hydrogen) atoms. The first-order chi connectivity index (χ1) is 8.36. The van der Waals surface area contributed by atoms with E-state index in [1.807, 2.05) is 7.05 Å². The molecule has 0 unspecified atom stereocenters. The minimum absolute atomic E-state index is 0.203. The fourth-order valence-electron chi connectivity index (χ4n) is 2.51. The lowest BCUT2D eigenvalue weighted by Gasteiger charge is -2.19. The van der Waals surface area contributed by atoms with E-state index in [-0.39, 0.29) is 5.41 Å². The third-order valence-electron chi connectivity index (χ3n) is 3.84. The highest BCUT2D eigenvalue weighted by Gasteiger charge is 2.17. The van der Waals surface area contributed by atoms with Crippen LogP contribution in [0.25, 0.3) is 10.9 Å². The van der Waals surface area contributed by atoms with Crippen molar-refractivity contribution in [1.29, 1.82) is 0 Å². The van der Waals surface area contributed by atoms with Crippen LogP contribution in [0.1, 0.15) is 37.6 Å². The van der Waals surface area contributed by atoms with Crippen LogP contribution >= 0.6 is 0 Å². The van der Waals surface area contributed by atoms with Crippen LogP contribution < -0.4 is 5.32 Å². The van der Waals surface area contributed by atoms with Crippen molar-refractivity contribution in [2.75, 3.05) is 7.05 Å². The Bertz CT molecular complexity index is 571. The molecule has 1 N–H and O–H groups in total. The summed E-state index contributed by atoms with van der Waals surface area (Å²) < 4.78 is 2.29. The molecule has 1 heterocycles. The maximum Gasteiger partial charge on any atom is 0.0483 e. The number of aromatic nitrogens is 1. The number of hydrogen-bond donors (Lipinski definition) is 1. The Morgan fingerprint density at radius 3 is 2.44 bits per heavy atom. The first kappa shape index (κ1) is 13.2. The van der Waals surface area contributed by atoms with E-state index in [1.54, 1.807) is 0 Å². The summed E-state index contributed by atoms with van der Waals surface area (Å²) in [7, 11) is 4.15. The van der Waals surface area contributed by atoms with E-state index < -0.39 is 0 Å². The second kappa shape index (κ2) is 4.43. The normalized spacial score (nSPS) is 12.3. The highest BCUT2D eigenvalue weighted by atomic mass is 15.0. The van der Waals surface area contributed by atoms with Crippen molar-refractivity contribution in [3.05, 3.63) is 35.0 Å². The molecule has 0 aliphatic carbocycles. The predicted octanol–water partition coefficient (Wildman–Crippen LogP) is 3.50. The molecular formula is C16H24N2. The van der Waals surface area contributed by atoms with Crippen molar-refractivity contribution in [2.45, 2.75) is 39.7 Å². The number of nitrogens with zero attached hydrogens (tertiary/aromatic N) is 1. The Morgan fingerprint density at radius 2 is 1.89 bits per heavy atom. The molecule has 2 nitrogen and oxygen atoms in total. The van der Waals surface area contributed by atoms with Gasteiger partial charge in [0, 0.05) is 30.2 Å². The van der Waals surface area contributed by atoms with Gasteiger partial charge in [0.2, 0.25) is 0 Å². The smallest absolute Gasteiger partial charge is 0.0483 e. The molecule has 2 rings (SSSR count). The van der Waals surface area contributed by atoms with E-state index >= 15 is 0 Å². The summed E-state index contributed by atoms with van der Waals surface area (Å²) >= 11 is 0. The molecular weight excluding hydrogens is 220 g/mol. The zero-order chi connectivity index (χ0) is 13.5. The molecule has 0 saturated carbocycles. The number of aryl methyl sites for hydroxylation is 1. The summed E-state index contributed by atoms with van der Waals surface area (Å²) in [5.74, 6) is 0. The van der Waals surface area contributed by atoms with Crippen LogP contribution in [0.4, 0.5) is 0 Å². The molecule has 1 aromatic heterocycles. The van der Waals surface area contributed by atoms with E-state index in [0.29, 0.717) is 0 Å². The number of hydrogen-bond acceptors (Lipinski definition) is 1. The third-order valence-corrected chi connectivity index (χ3v) is 3.84. The zero-order valence-corrected chi connectivity index (χ0v) is 12.4. The van der Waals surface area contributed by atoms with Gasteiger partial charge < -0.3 is 9.88 Å². The molecule has 0 amide bonds. The Morgan fingerprint density at radius 1 is 1.22 bits per heavy atom. The number of rotatable bonds is 2. The van der Waals surface area contributed by atoms with Gasteiger partial charge in [-0.2, -0.15) is 0 Å². The maximum atomic E-state index is 3.28. The topological polar surface area (TPSA) is 17.0 Å². The summed E-state index contributed by atoms with van der Waals surface area (Å²) in [5.41, 5.74) is 5.70. The SMILES string of the molecule is CNCc1c(C)n(C)c2ccc(C(C)(C)C)cc12. The number of nitrogens with one attached hydrogen (secondary N) is 1. The van der Waals surface area contributed by atoms with E-state index in [1.165, 1.54) is 27.7 Å². The lowest BCUT2D eigenvalue weighted by molar-refractivity contribution is 0.591. The second-order valence-corrected chi connectivity index (χ2v) is 6.14. The minimum Gasteiger partial charge on any atom is -0.348 e. The fraction of sp³-hybridized carbons (Fsp3) is 0.500. The molecule has 0 saturated heterocycles. The van der Waals surface area contributed by atoms with E-state index in [0.717, 1.165) is 6.54 Å². The van der Waals surface area contributed by atoms with Gasteiger partial charge in [-0.15, -0.1) is 0 Å². The van der Waals surface area contributed by atoms with E-state index in [2.05, 4.69) is 62.8 Å². The standard InChI is InChI=1S/C16H24N2/c1-11-14(10-17-5)13-9-12(16(2,3)4)7-8-15(13)18(11)6/h7-9,17H,10H2,1-6H3. The molecule has 2 heteroatoms. The maximum absolute atomic E-state index is 3.28. The van der Waals surface area contributed by atoms with Crippen molar-refractivity contribution in [2.24, 2.45) is 7.05 Å². The molecule has 1 aromatic carbocycles. The average molecular weight is 244 g/mol. The van der Waals surface area contributed by atoms with Crippen LogP contribution in [0, 0.1) is 6.92 Å². The molecule has 0 spiro atoms. The van der Waals surface area contributed by atoms with Gasteiger partial charge in [0.25, 0.3) is 0 Å². The van der Waals surface area contributed by atoms with Crippen LogP contribution in [0.15, 0.2) is 18.2 Å². The van der Waals surface area contributed by atoms with Gasteiger partial charge in [-0.1, -0.05) is 26.8 Å². The van der Waals surface area contributed by atoms with Crippen LogP contribution in [0.3, 0.4) is 0 Å².